The molecule has 0 heterocycles. The fourth-order valence-electron chi connectivity index (χ4n) is 1.60. The molecule has 0 saturated carbocycles. The first kappa shape index (κ1) is 14.4. The smallest absolute Gasteiger partial charge is 0.239 e. The van der Waals surface area contributed by atoms with Gasteiger partial charge in [-0.1, -0.05) is 6.92 Å². The molecule has 1 rings (SSSR count). The third-order valence-corrected chi connectivity index (χ3v) is 2.57. The number of nitrogens with one attached hydrogen (secondary N) is 1. The molecule has 0 unspecified atom stereocenters. The van der Waals surface area contributed by atoms with Crippen molar-refractivity contribution in [1.82, 2.24) is 5.32 Å². The Hall–Kier alpha value is -1.62. The number of amides is 1. The van der Waals surface area contributed by atoms with Gasteiger partial charge in [-0.2, -0.15) is 0 Å². The zero-order chi connectivity index (χ0) is 13.5. The first-order valence-electron chi connectivity index (χ1n) is 6.04. The van der Waals surface area contributed by atoms with Crippen LogP contribution in [0.1, 0.15) is 18.9 Å². The molecule has 1 aromatic carbocycles. The Labute approximate surface area is 107 Å². The molecular formula is C13H20FN3O. The van der Waals surface area contributed by atoms with Crippen LogP contribution in [-0.4, -0.2) is 26.0 Å². The van der Waals surface area contributed by atoms with Gasteiger partial charge in [0.15, 0.2) is 0 Å². The van der Waals surface area contributed by atoms with E-state index in [4.69, 9.17) is 5.73 Å². The summed E-state index contributed by atoms with van der Waals surface area (Å²) < 4.78 is 13.3. The second-order valence-electron chi connectivity index (χ2n) is 4.23. The first-order valence-corrected chi connectivity index (χ1v) is 6.04. The van der Waals surface area contributed by atoms with Crippen molar-refractivity contribution in [2.24, 2.45) is 5.73 Å². The van der Waals surface area contributed by atoms with Crippen LogP contribution in [0.5, 0.6) is 0 Å². The highest BCUT2D eigenvalue weighted by molar-refractivity contribution is 5.81. The first-order chi connectivity index (χ1) is 8.56. The fraction of sp³-hybridized carbons (Fsp3) is 0.462. The molecule has 18 heavy (non-hydrogen) atoms. The van der Waals surface area contributed by atoms with Crippen LogP contribution in [-0.2, 0) is 11.3 Å². The van der Waals surface area contributed by atoms with Gasteiger partial charge in [0.05, 0.1) is 6.54 Å². The Bertz CT molecular complexity index is 409. The van der Waals surface area contributed by atoms with Crippen LogP contribution in [0.4, 0.5) is 10.1 Å². The number of hydrogen-bond acceptors (Lipinski definition) is 3. The van der Waals surface area contributed by atoms with E-state index in [1.807, 2.05) is 6.92 Å². The number of carbonyl (C=O) groups is 1. The minimum atomic E-state index is -0.339. The molecule has 0 aromatic heterocycles. The van der Waals surface area contributed by atoms with Crippen molar-refractivity contribution >= 4 is 11.6 Å². The van der Waals surface area contributed by atoms with E-state index in [1.165, 1.54) is 12.1 Å². The third-order valence-electron chi connectivity index (χ3n) is 2.57. The van der Waals surface area contributed by atoms with Gasteiger partial charge in [-0.15, -0.1) is 0 Å². The molecule has 3 N–H and O–H groups in total. The van der Waals surface area contributed by atoms with Crippen LogP contribution in [0.2, 0.25) is 0 Å². The van der Waals surface area contributed by atoms with Crippen LogP contribution in [0, 0.1) is 5.82 Å². The standard InChI is InChI=1S/C13H20FN3O/c1-3-4-16-13(18)9-17(2)12-6-10(8-15)5-11(14)7-12/h5-7H,3-4,8-9,15H2,1-2H3,(H,16,18). The summed E-state index contributed by atoms with van der Waals surface area (Å²) in [7, 11) is 1.75. The quantitative estimate of drug-likeness (QED) is 0.802. The summed E-state index contributed by atoms with van der Waals surface area (Å²) in [6.07, 6.45) is 0.896. The number of hydrogen-bond donors (Lipinski definition) is 2. The molecular weight excluding hydrogens is 233 g/mol. The Morgan fingerprint density at radius 3 is 2.78 bits per heavy atom. The van der Waals surface area contributed by atoms with Crippen LogP contribution in [0.3, 0.4) is 0 Å². The minimum absolute atomic E-state index is 0.0714. The summed E-state index contributed by atoms with van der Waals surface area (Å²) in [5.41, 5.74) is 6.86. The van der Waals surface area contributed by atoms with E-state index in [2.05, 4.69) is 5.32 Å². The summed E-state index contributed by atoms with van der Waals surface area (Å²) in [5.74, 6) is -0.410. The van der Waals surface area contributed by atoms with E-state index in [9.17, 15) is 9.18 Å². The third kappa shape index (κ3) is 4.33. The Morgan fingerprint density at radius 1 is 1.44 bits per heavy atom. The molecule has 0 radical (unpaired) electrons. The van der Waals surface area contributed by atoms with Crippen molar-refractivity contribution in [2.75, 3.05) is 25.0 Å². The molecule has 4 nitrogen and oxygen atoms in total. The molecule has 1 amide bonds. The average molecular weight is 253 g/mol. The van der Waals surface area contributed by atoms with E-state index in [0.717, 1.165) is 6.42 Å². The van der Waals surface area contributed by atoms with Crippen molar-refractivity contribution in [1.29, 1.82) is 0 Å². The van der Waals surface area contributed by atoms with E-state index in [0.29, 0.717) is 17.8 Å². The fourth-order valence-corrected chi connectivity index (χ4v) is 1.60. The van der Waals surface area contributed by atoms with Crippen molar-refractivity contribution in [3.8, 4) is 0 Å². The summed E-state index contributed by atoms with van der Waals surface area (Å²) in [6.45, 7) is 3.13. The zero-order valence-corrected chi connectivity index (χ0v) is 10.9. The molecule has 0 saturated heterocycles. The monoisotopic (exact) mass is 253 g/mol. The van der Waals surface area contributed by atoms with Gasteiger partial charge in [0.2, 0.25) is 5.91 Å². The van der Waals surface area contributed by atoms with E-state index in [-0.39, 0.29) is 24.8 Å². The van der Waals surface area contributed by atoms with Gasteiger partial charge in [0.1, 0.15) is 5.82 Å². The largest absolute Gasteiger partial charge is 0.365 e. The van der Waals surface area contributed by atoms with Crippen LogP contribution >= 0.6 is 0 Å². The minimum Gasteiger partial charge on any atom is -0.365 e. The Kier molecular flexibility index (Phi) is 5.58. The lowest BCUT2D eigenvalue weighted by atomic mass is 10.2. The van der Waals surface area contributed by atoms with Gasteiger partial charge in [-0.3, -0.25) is 4.79 Å². The lowest BCUT2D eigenvalue weighted by Gasteiger charge is -2.19. The molecule has 0 aliphatic rings. The van der Waals surface area contributed by atoms with Crippen LogP contribution in [0.15, 0.2) is 18.2 Å². The second kappa shape index (κ2) is 6.96. The lowest BCUT2D eigenvalue weighted by molar-refractivity contribution is -0.119. The summed E-state index contributed by atoms with van der Waals surface area (Å²) in [6, 6.07) is 4.58. The molecule has 100 valence electrons. The van der Waals surface area contributed by atoms with Crippen molar-refractivity contribution in [3.05, 3.63) is 29.6 Å². The van der Waals surface area contributed by atoms with E-state index < -0.39 is 0 Å². The van der Waals surface area contributed by atoms with E-state index >= 15 is 0 Å². The number of nitrogens with zero attached hydrogens (tertiary/aromatic N) is 1. The Balaban J connectivity index is 2.68. The van der Waals surface area contributed by atoms with Gasteiger partial charge in [0, 0.05) is 25.8 Å². The summed E-state index contributed by atoms with van der Waals surface area (Å²) in [5, 5.41) is 2.78. The molecule has 0 spiro atoms. The van der Waals surface area contributed by atoms with Gasteiger partial charge in [-0.05, 0) is 30.2 Å². The number of benzene rings is 1. The lowest BCUT2D eigenvalue weighted by Crippen LogP contribution is -2.35. The normalized spacial score (nSPS) is 10.2. The number of halogens is 1. The van der Waals surface area contributed by atoms with Crippen molar-refractivity contribution < 1.29 is 9.18 Å². The molecule has 0 fully saturated rings. The van der Waals surface area contributed by atoms with Gasteiger partial charge >= 0.3 is 0 Å². The van der Waals surface area contributed by atoms with Crippen LogP contribution in [0.25, 0.3) is 0 Å². The predicted molar refractivity (Wildman–Crippen MR) is 70.9 cm³/mol. The van der Waals surface area contributed by atoms with Crippen molar-refractivity contribution in [2.45, 2.75) is 19.9 Å². The molecule has 1 aromatic rings. The maximum atomic E-state index is 13.3. The van der Waals surface area contributed by atoms with Gasteiger partial charge < -0.3 is 16.0 Å². The van der Waals surface area contributed by atoms with Gasteiger partial charge in [-0.25, -0.2) is 4.39 Å². The van der Waals surface area contributed by atoms with E-state index in [1.54, 1.807) is 18.0 Å². The second-order valence-corrected chi connectivity index (χ2v) is 4.23. The van der Waals surface area contributed by atoms with Gasteiger partial charge in [0.25, 0.3) is 0 Å². The topological polar surface area (TPSA) is 58.4 Å². The number of nitrogens with two attached hydrogens (primary N) is 1. The summed E-state index contributed by atoms with van der Waals surface area (Å²) >= 11 is 0. The SMILES string of the molecule is CCCNC(=O)CN(C)c1cc(F)cc(CN)c1. The molecule has 5 heteroatoms. The molecule has 0 aliphatic carbocycles. The highest BCUT2D eigenvalue weighted by Crippen LogP contribution is 2.17. The van der Waals surface area contributed by atoms with Crippen molar-refractivity contribution in [3.63, 3.8) is 0 Å². The molecule has 0 atom stereocenters. The highest BCUT2D eigenvalue weighted by Gasteiger charge is 2.08. The predicted octanol–water partition coefficient (Wildman–Crippen LogP) is 1.25. The maximum absolute atomic E-state index is 13.3. The number of likely N-dealkylation sites (N-methyl/N-ethyl adjacent to an activating group) is 1. The maximum Gasteiger partial charge on any atom is 0.239 e. The highest BCUT2D eigenvalue weighted by atomic mass is 19.1. The number of carbonyl (C=O) groups excluding carboxylic acids is 1. The molecule has 0 bridgehead atoms. The summed E-state index contributed by atoms with van der Waals surface area (Å²) in [4.78, 5) is 13.3. The Morgan fingerprint density at radius 2 is 2.17 bits per heavy atom. The zero-order valence-electron chi connectivity index (χ0n) is 10.9. The average Bonchev–Trinajstić information content (AvgIpc) is 2.35. The van der Waals surface area contributed by atoms with Crippen LogP contribution < -0.4 is 16.0 Å². The number of anilines is 1. The molecule has 0 aliphatic heterocycles. The number of rotatable bonds is 6.